The van der Waals surface area contributed by atoms with E-state index < -0.39 is 0 Å². The van der Waals surface area contributed by atoms with Gasteiger partial charge in [0, 0.05) is 43.2 Å². The Hall–Kier alpha value is -2.86. The van der Waals surface area contributed by atoms with Crippen LogP contribution in [0.15, 0.2) is 55.0 Å². The minimum absolute atomic E-state index is 0.235. The van der Waals surface area contributed by atoms with E-state index >= 15 is 0 Å². The molecule has 0 unspecified atom stereocenters. The van der Waals surface area contributed by atoms with Crippen molar-refractivity contribution >= 4 is 5.95 Å². The number of nitrogen functional groups attached to an aromatic ring is 1. The van der Waals surface area contributed by atoms with Gasteiger partial charge in [-0.25, -0.2) is 14.4 Å². The summed E-state index contributed by atoms with van der Waals surface area (Å²) in [4.78, 5) is 15.3. The number of piperidine rings is 1. The van der Waals surface area contributed by atoms with Crippen LogP contribution in [-0.2, 0) is 6.54 Å². The molecule has 1 fully saturated rings. The van der Waals surface area contributed by atoms with Gasteiger partial charge in [-0.05, 0) is 48.7 Å². The summed E-state index contributed by atoms with van der Waals surface area (Å²) in [5.41, 5.74) is 9.63. The second kappa shape index (κ2) is 7.80. The summed E-state index contributed by atoms with van der Waals surface area (Å²) in [6.07, 6.45) is 7.52. The van der Waals surface area contributed by atoms with Crippen LogP contribution in [0.3, 0.4) is 0 Å². The first-order valence-electron chi connectivity index (χ1n) is 9.18. The van der Waals surface area contributed by atoms with Crippen LogP contribution in [0.4, 0.5) is 10.3 Å². The van der Waals surface area contributed by atoms with E-state index in [1.54, 1.807) is 18.5 Å². The monoisotopic (exact) mass is 363 g/mol. The van der Waals surface area contributed by atoms with E-state index in [1.807, 2.05) is 18.3 Å². The molecule has 3 heterocycles. The molecule has 6 heteroatoms. The van der Waals surface area contributed by atoms with E-state index in [0.717, 1.165) is 49.3 Å². The molecule has 0 amide bonds. The normalized spacial score (nSPS) is 17.7. The van der Waals surface area contributed by atoms with Crippen molar-refractivity contribution in [3.05, 3.63) is 72.1 Å². The number of likely N-dealkylation sites (tertiary alicyclic amines) is 1. The number of nitrogens with two attached hydrogens (primary N) is 1. The lowest BCUT2D eigenvalue weighted by atomic mass is 9.89. The van der Waals surface area contributed by atoms with E-state index in [9.17, 15) is 4.39 Å². The molecule has 138 valence electrons. The van der Waals surface area contributed by atoms with Crippen LogP contribution in [0.25, 0.3) is 11.1 Å². The van der Waals surface area contributed by atoms with E-state index in [2.05, 4.69) is 25.9 Å². The molecule has 0 saturated carbocycles. The van der Waals surface area contributed by atoms with Crippen molar-refractivity contribution in [2.75, 3.05) is 18.8 Å². The number of nitrogens with zero attached hydrogens (tertiary/aromatic N) is 4. The third kappa shape index (κ3) is 4.11. The maximum atomic E-state index is 13.7. The van der Waals surface area contributed by atoms with E-state index in [4.69, 9.17) is 5.73 Å². The van der Waals surface area contributed by atoms with Crippen molar-refractivity contribution in [2.24, 2.45) is 0 Å². The zero-order valence-electron chi connectivity index (χ0n) is 15.1. The number of anilines is 1. The summed E-state index contributed by atoms with van der Waals surface area (Å²) >= 11 is 0. The van der Waals surface area contributed by atoms with Gasteiger partial charge < -0.3 is 5.73 Å². The van der Waals surface area contributed by atoms with Gasteiger partial charge in [0.2, 0.25) is 5.95 Å². The summed E-state index contributed by atoms with van der Waals surface area (Å²) in [6.45, 7) is 2.79. The first-order valence-corrected chi connectivity index (χ1v) is 9.18. The lowest BCUT2D eigenvalue weighted by Crippen LogP contribution is -2.34. The average molecular weight is 363 g/mol. The van der Waals surface area contributed by atoms with Crippen molar-refractivity contribution in [1.82, 2.24) is 19.9 Å². The molecule has 1 aliphatic heterocycles. The minimum atomic E-state index is -0.267. The smallest absolute Gasteiger partial charge is 0.220 e. The van der Waals surface area contributed by atoms with Gasteiger partial charge in [-0.3, -0.25) is 9.88 Å². The molecule has 2 aromatic heterocycles. The highest BCUT2D eigenvalue weighted by atomic mass is 19.1. The Morgan fingerprint density at radius 3 is 2.93 bits per heavy atom. The number of benzene rings is 1. The van der Waals surface area contributed by atoms with Gasteiger partial charge in [0.25, 0.3) is 0 Å². The Morgan fingerprint density at radius 1 is 1.19 bits per heavy atom. The fourth-order valence-corrected chi connectivity index (χ4v) is 3.77. The predicted octanol–water partition coefficient (Wildman–Crippen LogP) is 3.64. The molecule has 1 aromatic carbocycles. The summed E-state index contributed by atoms with van der Waals surface area (Å²) in [5.74, 6) is 0.227. The van der Waals surface area contributed by atoms with Crippen molar-refractivity contribution in [3.8, 4) is 11.1 Å². The first kappa shape index (κ1) is 17.5. The molecule has 0 aliphatic carbocycles. The van der Waals surface area contributed by atoms with Crippen molar-refractivity contribution < 1.29 is 4.39 Å². The standard InChI is InChI=1S/C21H22FN5/c22-18-7-1-5-16(10-18)19-12-25-21(23)26-20(19)17-6-3-9-27(14-17)13-15-4-2-8-24-11-15/h1-2,4-5,7-8,10-12,17H,3,6,9,13-14H2,(H2,23,25,26)/t17-/m1/s1. The molecule has 3 aromatic rings. The number of pyridine rings is 1. The molecule has 0 spiro atoms. The van der Waals surface area contributed by atoms with Gasteiger partial charge in [-0.15, -0.1) is 0 Å². The lowest BCUT2D eigenvalue weighted by Gasteiger charge is -2.33. The molecule has 27 heavy (non-hydrogen) atoms. The second-order valence-electron chi connectivity index (χ2n) is 6.97. The molecular formula is C21H22FN5. The topological polar surface area (TPSA) is 67.9 Å². The molecule has 2 N–H and O–H groups in total. The zero-order valence-corrected chi connectivity index (χ0v) is 15.1. The van der Waals surface area contributed by atoms with Crippen LogP contribution < -0.4 is 5.73 Å². The Labute approximate surface area is 158 Å². The molecule has 1 atom stereocenters. The highest BCUT2D eigenvalue weighted by Crippen LogP contribution is 2.33. The Morgan fingerprint density at radius 2 is 2.11 bits per heavy atom. The average Bonchev–Trinajstić information content (AvgIpc) is 2.69. The number of hydrogen-bond donors (Lipinski definition) is 1. The highest BCUT2D eigenvalue weighted by Gasteiger charge is 2.25. The van der Waals surface area contributed by atoms with E-state index in [1.165, 1.54) is 17.7 Å². The number of rotatable bonds is 4. The van der Waals surface area contributed by atoms with Crippen LogP contribution in [-0.4, -0.2) is 32.9 Å². The number of halogens is 1. The maximum Gasteiger partial charge on any atom is 0.220 e. The third-order valence-corrected chi connectivity index (χ3v) is 4.99. The fraction of sp³-hybridized carbons (Fsp3) is 0.286. The van der Waals surface area contributed by atoms with E-state index in [0.29, 0.717) is 0 Å². The van der Waals surface area contributed by atoms with Gasteiger partial charge in [0.1, 0.15) is 5.82 Å². The van der Waals surface area contributed by atoms with Gasteiger partial charge in [-0.1, -0.05) is 18.2 Å². The van der Waals surface area contributed by atoms with Gasteiger partial charge in [0.15, 0.2) is 0 Å². The largest absolute Gasteiger partial charge is 0.368 e. The fourth-order valence-electron chi connectivity index (χ4n) is 3.77. The molecular weight excluding hydrogens is 341 g/mol. The minimum Gasteiger partial charge on any atom is -0.368 e. The van der Waals surface area contributed by atoms with Crippen LogP contribution in [0, 0.1) is 5.82 Å². The van der Waals surface area contributed by atoms with Crippen molar-refractivity contribution in [1.29, 1.82) is 0 Å². The van der Waals surface area contributed by atoms with Crippen molar-refractivity contribution in [3.63, 3.8) is 0 Å². The zero-order chi connectivity index (χ0) is 18.6. The number of hydrogen-bond acceptors (Lipinski definition) is 5. The Bertz CT molecular complexity index is 915. The van der Waals surface area contributed by atoms with Crippen LogP contribution >= 0.6 is 0 Å². The maximum absolute atomic E-state index is 13.7. The highest BCUT2D eigenvalue weighted by molar-refractivity contribution is 5.66. The van der Waals surface area contributed by atoms with Gasteiger partial charge in [-0.2, -0.15) is 0 Å². The molecule has 4 rings (SSSR count). The quantitative estimate of drug-likeness (QED) is 0.766. The van der Waals surface area contributed by atoms with Crippen molar-refractivity contribution in [2.45, 2.75) is 25.3 Å². The molecule has 1 aliphatic rings. The second-order valence-corrected chi connectivity index (χ2v) is 6.97. The summed E-state index contributed by atoms with van der Waals surface area (Å²) in [5, 5.41) is 0. The number of aromatic nitrogens is 3. The Balaban J connectivity index is 1.61. The van der Waals surface area contributed by atoms with E-state index in [-0.39, 0.29) is 17.7 Å². The predicted molar refractivity (Wildman–Crippen MR) is 103 cm³/mol. The molecule has 5 nitrogen and oxygen atoms in total. The van der Waals surface area contributed by atoms with Gasteiger partial charge >= 0.3 is 0 Å². The SMILES string of the molecule is Nc1ncc(-c2cccc(F)c2)c([C@@H]2CCCN(Cc3cccnc3)C2)n1. The summed E-state index contributed by atoms with van der Waals surface area (Å²) in [6, 6.07) is 10.6. The van der Waals surface area contributed by atoms with Crippen LogP contribution in [0.2, 0.25) is 0 Å². The third-order valence-electron chi connectivity index (χ3n) is 4.99. The molecule has 0 radical (unpaired) electrons. The van der Waals surface area contributed by atoms with Crippen LogP contribution in [0.5, 0.6) is 0 Å². The summed E-state index contributed by atoms with van der Waals surface area (Å²) < 4.78 is 13.7. The summed E-state index contributed by atoms with van der Waals surface area (Å²) in [7, 11) is 0. The molecule has 1 saturated heterocycles. The first-order chi connectivity index (χ1) is 13.2. The Kier molecular flexibility index (Phi) is 5.07. The molecule has 0 bridgehead atoms. The van der Waals surface area contributed by atoms with Crippen LogP contribution in [0.1, 0.15) is 30.0 Å². The lowest BCUT2D eigenvalue weighted by molar-refractivity contribution is 0.198. The van der Waals surface area contributed by atoms with Gasteiger partial charge in [0.05, 0.1) is 5.69 Å².